The molecule has 1 aliphatic rings. The highest BCUT2D eigenvalue weighted by atomic mass is 16.5. The van der Waals surface area contributed by atoms with Gasteiger partial charge in [-0.15, -0.1) is 0 Å². The second-order valence-corrected chi connectivity index (χ2v) is 9.50. The third-order valence-corrected chi connectivity index (χ3v) is 6.23. The topological polar surface area (TPSA) is 67.4 Å². The van der Waals surface area contributed by atoms with Gasteiger partial charge >= 0.3 is 5.97 Å². The van der Waals surface area contributed by atoms with Crippen molar-refractivity contribution in [1.82, 2.24) is 10.6 Å². The van der Waals surface area contributed by atoms with Crippen LogP contribution in [0.4, 0.5) is 0 Å². The third-order valence-electron chi connectivity index (χ3n) is 6.23. The summed E-state index contributed by atoms with van der Waals surface area (Å²) in [6, 6.07) is 8.68. The van der Waals surface area contributed by atoms with Crippen molar-refractivity contribution in [3.8, 4) is 0 Å². The molecule has 184 valence electrons. The lowest BCUT2D eigenvalue weighted by Gasteiger charge is -2.31. The molecule has 1 aliphatic carbocycles. The quantitative estimate of drug-likeness (QED) is 0.241. The minimum Gasteiger partial charge on any atom is -0.466 e. The zero-order valence-corrected chi connectivity index (χ0v) is 21.2. The van der Waals surface area contributed by atoms with E-state index >= 15 is 0 Å². The fraction of sp³-hybridized carbons (Fsp3) is 0.481. The molecule has 2 rings (SSSR count). The summed E-state index contributed by atoms with van der Waals surface area (Å²) in [6.45, 7) is 9.35. The number of rotatable bonds is 10. The normalized spacial score (nSPS) is 15.6. The van der Waals surface area contributed by atoms with Crippen molar-refractivity contribution in [1.29, 1.82) is 0 Å². The first-order valence-electron chi connectivity index (χ1n) is 11.6. The molecule has 1 amide bonds. The average Bonchev–Trinajstić information content (AvgIpc) is 3.21. The monoisotopic (exact) mass is 458 g/mol. The van der Waals surface area contributed by atoms with Gasteiger partial charge in [-0.2, -0.15) is 0 Å². The molecule has 0 heterocycles. The molecule has 33 heavy (non-hydrogen) atoms. The van der Waals surface area contributed by atoms with E-state index in [1.807, 2.05) is 40.9 Å². The van der Waals surface area contributed by atoms with Crippen molar-refractivity contribution in [3.05, 3.63) is 70.1 Å². The molecule has 1 aromatic carbocycles. The summed E-state index contributed by atoms with van der Waals surface area (Å²) in [5, 5.41) is 6.55. The molecule has 0 bridgehead atoms. The summed E-state index contributed by atoms with van der Waals surface area (Å²) < 4.78 is 5.32. The number of benzene rings is 1. The van der Waals surface area contributed by atoms with Gasteiger partial charge in [-0.3, -0.25) is 4.79 Å². The van der Waals surface area contributed by atoms with E-state index in [9.17, 15) is 9.59 Å². The number of amides is 1. The second kappa shape index (κ2) is 11.8. The van der Waals surface area contributed by atoms with Crippen molar-refractivity contribution in [3.63, 3.8) is 0 Å². The maximum absolute atomic E-state index is 12.9. The Bertz CT molecular complexity index is 943. The van der Waals surface area contributed by atoms with Crippen LogP contribution in [0.3, 0.4) is 0 Å². The van der Waals surface area contributed by atoms with Crippen molar-refractivity contribution in [2.45, 2.75) is 40.5 Å². The number of carbonyl (C=O) groups is 2. The van der Waals surface area contributed by atoms with Gasteiger partial charge in [0, 0.05) is 9.40 Å². The number of nitrogens with one attached hydrogen (secondary N) is 2. The number of methoxy groups -OCH3 is 1. The molecule has 0 saturated carbocycles. The van der Waals surface area contributed by atoms with E-state index in [2.05, 4.69) is 41.0 Å². The molecule has 0 radical (unpaired) electrons. The van der Waals surface area contributed by atoms with Gasteiger partial charge in [-0.1, -0.05) is 36.4 Å². The summed E-state index contributed by atoms with van der Waals surface area (Å²) >= 11 is 0. The number of allylic oxidation sites excluding steroid dienone is 3. The van der Waals surface area contributed by atoms with Crippen LogP contribution in [0.25, 0.3) is 0 Å². The predicted octanol–water partition coefficient (Wildman–Crippen LogP) is 3.99. The summed E-state index contributed by atoms with van der Waals surface area (Å²) in [5.41, 5.74) is 5.78. The van der Waals surface area contributed by atoms with Gasteiger partial charge in [0.1, 0.15) is 6.54 Å². The van der Waals surface area contributed by atoms with Crippen molar-refractivity contribution in [2.75, 3.05) is 40.8 Å². The molecule has 6 heteroatoms. The maximum Gasteiger partial charge on any atom is 0.335 e. The third kappa shape index (κ3) is 7.60. The van der Waals surface area contributed by atoms with E-state index in [1.54, 1.807) is 6.92 Å². The standard InChI is InChI=1S/C27H39N3O3.2H2/c1-8-19(3)26(20(4)27(32)33-7)29-25(31)18-30(5,6)17-24(9-2)28-16-21-14-22-12-10-11-13-23(22)15-21;;/h8-13,21,28H,14-18H2,1-7H3;2*1H/p+1/b19-8-,24-9+;;. The van der Waals surface area contributed by atoms with Gasteiger partial charge in [0.25, 0.3) is 5.91 Å². The zero-order valence-electron chi connectivity index (χ0n) is 21.2. The number of hydrogen-bond donors (Lipinski definition) is 2. The van der Waals surface area contributed by atoms with Gasteiger partial charge in [-0.25, -0.2) is 4.79 Å². The number of likely N-dealkylation sites (N-methyl/N-ethyl adjacent to an activating group) is 1. The Labute approximate surface area is 201 Å². The van der Waals surface area contributed by atoms with Crippen LogP contribution >= 0.6 is 0 Å². The lowest BCUT2D eigenvalue weighted by molar-refractivity contribution is -0.877. The molecule has 2 N–H and O–H groups in total. The summed E-state index contributed by atoms with van der Waals surface area (Å²) in [7, 11) is 5.41. The SMILES string of the molecule is C/C=C(C)\C(NC(=O)C[N+](C)(C)C/C(=C\C)NCC1Cc2ccccc2C1)=C(/C)C(=O)OC.[HH].[HH]. The smallest absolute Gasteiger partial charge is 0.335 e. The Morgan fingerprint density at radius 3 is 2.21 bits per heavy atom. The summed E-state index contributed by atoms with van der Waals surface area (Å²) in [5.74, 6) is 0.00456. The van der Waals surface area contributed by atoms with E-state index in [-0.39, 0.29) is 15.3 Å². The minimum atomic E-state index is -0.449. The molecular formula is C27H44N3O3+. The highest BCUT2D eigenvalue weighted by molar-refractivity contribution is 5.91. The number of esters is 1. The lowest BCUT2D eigenvalue weighted by Crippen LogP contribution is -2.50. The molecular weight excluding hydrogens is 414 g/mol. The van der Waals surface area contributed by atoms with Crippen molar-refractivity contribution >= 4 is 11.9 Å². The molecule has 1 aromatic rings. The molecule has 0 aromatic heterocycles. The molecule has 6 nitrogen and oxygen atoms in total. The fourth-order valence-electron chi connectivity index (χ4n) is 4.29. The van der Waals surface area contributed by atoms with E-state index in [0.29, 0.717) is 28.2 Å². The van der Waals surface area contributed by atoms with Gasteiger partial charge in [-0.05, 0) is 63.2 Å². The minimum absolute atomic E-state index is 0. The molecule has 0 fully saturated rings. The van der Waals surface area contributed by atoms with Crippen LogP contribution < -0.4 is 10.6 Å². The summed E-state index contributed by atoms with van der Waals surface area (Å²) in [6.07, 6.45) is 6.18. The Kier molecular flexibility index (Phi) is 9.47. The zero-order chi connectivity index (χ0) is 24.6. The largest absolute Gasteiger partial charge is 0.466 e. The number of ether oxygens (including phenoxy) is 1. The Morgan fingerprint density at radius 1 is 1.09 bits per heavy atom. The molecule has 0 aliphatic heterocycles. The average molecular weight is 459 g/mol. The van der Waals surface area contributed by atoms with Crippen LogP contribution in [0.5, 0.6) is 0 Å². The Morgan fingerprint density at radius 2 is 1.70 bits per heavy atom. The van der Waals surface area contributed by atoms with Gasteiger partial charge in [0.05, 0.1) is 38.2 Å². The van der Waals surface area contributed by atoms with Crippen LogP contribution in [0, 0.1) is 5.92 Å². The van der Waals surface area contributed by atoms with Gasteiger partial charge in [0.15, 0.2) is 6.54 Å². The second-order valence-electron chi connectivity index (χ2n) is 9.50. The first-order valence-corrected chi connectivity index (χ1v) is 11.6. The van der Waals surface area contributed by atoms with Crippen LogP contribution in [0.2, 0.25) is 0 Å². The number of fused-ring (bicyclic) bond motifs is 1. The Balaban J connectivity index is 0.00000578. The van der Waals surface area contributed by atoms with Crippen LogP contribution in [-0.2, 0) is 27.2 Å². The Hall–Kier alpha value is -2.86. The molecule has 0 unspecified atom stereocenters. The van der Waals surface area contributed by atoms with E-state index in [1.165, 1.54) is 18.2 Å². The van der Waals surface area contributed by atoms with Crippen LogP contribution in [0.15, 0.2) is 59.0 Å². The van der Waals surface area contributed by atoms with Crippen LogP contribution in [0.1, 0.15) is 41.7 Å². The van der Waals surface area contributed by atoms with Gasteiger partial charge in [0.2, 0.25) is 0 Å². The first-order chi connectivity index (χ1) is 15.6. The van der Waals surface area contributed by atoms with Crippen molar-refractivity contribution in [2.24, 2.45) is 5.92 Å². The number of quaternary nitrogens is 1. The fourth-order valence-corrected chi connectivity index (χ4v) is 4.29. The molecule has 0 atom stereocenters. The lowest BCUT2D eigenvalue weighted by atomic mass is 10.1. The van der Waals surface area contributed by atoms with Crippen molar-refractivity contribution < 1.29 is 21.7 Å². The highest BCUT2D eigenvalue weighted by Gasteiger charge is 2.25. The van der Waals surface area contributed by atoms with E-state index in [0.717, 1.165) is 30.7 Å². The van der Waals surface area contributed by atoms with E-state index < -0.39 is 5.97 Å². The van der Waals surface area contributed by atoms with E-state index in [4.69, 9.17) is 4.74 Å². The molecule has 0 saturated heterocycles. The number of hydrogen-bond acceptors (Lipinski definition) is 4. The summed E-state index contributed by atoms with van der Waals surface area (Å²) in [4.78, 5) is 24.9. The first kappa shape index (κ1) is 26.4. The maximum atomic E-state index is 12.9. The predicted molar refractivity (Wildman–Crippen MR) is 137 cm³/mol. The van der Waals surface area contributed by atoms with Crippen LogP contribution in [-0.4, -0.2) is 57.2 Å². The highest BCUT2D eigenvalue weighted by Crippen LogP contribution is 2.26. The van der Waals surface area contributed by atoms with Gasteiger partial charge < -0.3 is 19.9 Å². The number of carbonyl (C=O) groups excluding carboxylic acids is 2. The number of nitrogens with zero attached hydrogens (tertiary/aromatic N) is 1. The molecule has 0 spiro atoms.